The molecular formula is C21H25N3O3S. The van der Waals surface area contributed by atoms with E-state index in [1.807, 2.05) is 28.8 Å². The molecule has 2 aromatic carbocycles. The Labute approximate surface area is 165 Å². The van der Waals surface area contributed by atoms with E-state index >= 15 is 0 Å². The summed E-state index contributed by atoms with van der Waals surface area (Å²) in [5.74, 6) is 0.595. The second-order valence-electron chi connectivity index (χ2n) is 6.88. The summed E-state index contributed by atoms with van der Waals surface area (Å²) in [7, 11) is -3.43. The van der Waals surface area contributed by atoms with Crippen LogP contribution in [0.3, 0.4) is 0 Å². The van der Waals surface area contributed by atoms with Gasteiger partial charge in [0, 0.05) is 12.7 Å². The highest BCUT2D eigenvalue weighted by molar-refractivity contribution is 7.90. The molecule has 28 heavy (non-hydrogen) atoms. The largest absolute Gasteiger partial charge is 0.323 e. The van der Waals surface area contributed by atoms with Crippen molar-refractivity contribution < 1.29 is 13.2 Å². The van der Waals surface area contributed by atoms with Crippen LogP contribution in [-0.2, 0) is 27.6 Å². The summed E-state index contributed by atoms with van der Waals surface area (Å²) in [4.78, 5) is 17.5. The fourth-order valence-electron chi connectivity index (χ4n) is 3.25. The van der Waals surface area contributed by atoms with Gasteiger partial charge in [-0.25, -0.2) is 13.4 Å². The van der Waals surface area contributed by atoms with Gasteiger partial charge in [-0.1, -0.05) is 44.0 Å². The Balaban J connectivity index is 1.86. The molecule has 0 unspecified atom stereocenters. The Hall–Kier alpha value is -2.67. The molecule has 3 rings (SSSR count). The van der Waals surface area contributed by atoms with Gasteiger partial charge in [-0.2, -0.15) is 0 Å². The first-order valence-electron chi connectivity index (χ1n) is 9.43. The van der Waals surface area contributed by atoms with Gasteiger partial charge >= 0.3 is 0 Å². The predicted molar refractivity (Wildman–Crippen MR) is 111 cm³/mol. The maximum Gasteiger partial charge on any atom is 0.244 e. The minimum Gasteiger partial charge on any atom is -0.323 e. The summed E-state index contributed by atoms with van der Waals surface area (Å²) in [5.41, 5.74) is 2.06. The van der Waals surface area contributed by atoms with E-state index in [9.17, 15) is 13.2 Å². The summed E-state index contributed by atoms with van der Waals surface area (Å²) in [6.45, 7) is 2.23. The number of nitrogens with zero attached hydrogens (tertiary/aromatic N) is 2. The monoisotopic (exact) mass is 399 g/mol. The molecule has 0 saturated heterocycles. The smallest absolute Gasteiger partial charge is 0.244 e. The van der Waals surface area contributed by atoms with Crippen molar-refractivity contribution >= 4 is 32.5 Å². The van der Waals surface area contributed by atoms with Gasteiger partial charge < -0.3 is 9.88 Å². The second-order valence-corrected chi connectivity index (χ2v) is 8.86. The molecule has 0 saturated carbocycles. The first-order chi connectivity index (χ1) is 13.4. The molecule has 0 bridgehead atoms. The molecule has 6 nitrogen and oxygen atoms in total. The number of benzene rings is 2. The number of hydrogen-bond donors (Lipinski definition) is 1. The van der Waals surface area contributed by atoms with Crippen molar-refractivity contribution in [3.05, 3.63) is 54.4 Å². The first kappa shape index (κ1) is 20.1. The van der Waals surface area contributed by atoms with Gasteiger partial charge in [-0.15, -0.1) is 0 Å². The van der Waals surface area contributed by atoms with E-state index in [2.05, 4.69) is 17.2 Å². The van der Waals surface area contributed by atoms with Crippen LogP contribution in [-0.4, -0.2) is 30.1 Å². The number of aromatic nitrogens is 2. The number of para-hydroxylation sites is 3. The zero-order valence-electron chi connectivity index (χ0n) is 16.2. The fourth-order valence-corrected chi connectivity index (χ4v) is 4.10. The SMILES string of the molecule is CCCCCc1nc2ccccc2n1CC(=O)Nc1ccccc1S(C)(=O)=O. The number of carbonyl (C=O) groups excluding carboxylic acids is 1. The molecule has 0 aliphatic carbocycles. The maximum absolute atomic E-state index is 12.7. The van der Waals surface area contributed by atoms with Crippen molar-refractivity contribution in [1.82, 2.24) is 9.55 Å². The molecule has 7 heteroatoms. The number of hydrogen-bond acceptors (Lipinski definition) is 4. The number of unbranched alkanes of at least 4 members (excludes halogenated alkanes) is 2. The Bertz CT molecular complexity index is 1090. The normalized spacial score (nSPS) is 11.6. The van der Waals surface area contributed by atoms with Gasteiger partial charge in [0.2, 0.25) is 5.91 Å². The van der Waals surface area contributed by atoms with Crippen LogP contribution < -0.4 is 5.32 Å². The first-order valence-corrected chi connectivity index (χ1v) is 11.3. The van der Waals surface area contributed by atoms with Gasteiger partial charge in [-0.3, -0.25) is 4.79 Å². The molecule has 148 valence electrons. The number of amides is 1. The van der Waals surface area contributed by atoms with E-state index < -0.39 is 9.84 Å². The number of imidazole rings is 1. The van der Waals surface area contributed by atoms with Crippen molar-refractivity contribution in [2.75, 3.05) is 11.6 Å². The van der Waals surface area contributed by atoms with Crippen molar-refractivity contribution in [2.45, 2.75) is 44.0 Å². The molecule has 0 radical (unpaired) electrons. The lowest BCUT2D eigenvalue weighted by Gasteiger charge is -2.12. The highest BCUT2D eigenvalue weighted by Crippen LogP contribution is 2.22. The number of sulfone groups is 1. The highest BCUT2D eigenvalue weighted by atomic mass is 32.2. The van der Waals surface area contributed by atoms with Gasteiger partial charge in [0.05, 0.1) is 21.6 Å². The Morgan fingerprint density at radius 3 is 2.54 bits per heavy atom. The van der Waals surface area contributed by atoms with Crippen LogP contribution in [0.1, 0.15) is 32.0 Å². The highest BCUT2D eigenvalue weighted by Gasteiger charge is 2.17. The average Bonchev–Trinajstić information content (AvgIpc) is 2.99. The number of fused-ring (bicyclic) bond motifs is 1. The number of rotatable bonds is 8. The van der Waals surface area contributed by atoms with E-state index in [0.717, 1.165) is 48.8 Å². The predicted octanol–water partition coefficient (Wildman–Crippen LogP) is 3.81. The molecule has 3 aromatic rings. The van der Waals surface area contributed by atoms with Crippen molar-refractivity contribution in [3.63, 3.8) is 0 Å². The lowest BCUT2D eigenvalue weighted by Crippen LogP contribution is -2.21. The molecule has 0 spiro atoms. The molecule has 1 amide bonds. The van der Waals surface area contributed by atoms with Crippen LogP contribution in [0, 0.1) is 0 Å². The van der Waals surface area contributed by atoms with E-state index in [1.54, 1.807) is 18.2 Å². The molecule has 0 aliphatic rings. The Kier molecular flexibility index (Phi) is 6.14. The third kappa shape index (κ3) is 4.59. The standard InChI is InChI=1S/C21H25N3O3S/c1-3-4-5-14-20-22-16-10-6-8-12-18(16)24(20)15-21(25)23-17-11-7-9-13-19(17)28(2,26)27/h6-13H,3-5,14-15H2,1-2H3,(H,23,25). The summed E-state index contributed by atoms with van der Waals surface area (Å²) >= 11 is 0. The zero-order valence-corrected chi connectivity index (χ0v) is 17.0. The second kappa shape index (κ2) is 8.56. The molecule has 0 fully saturated rings. The number of carbonyl (C=O) groups is 1. The lowest BCUT2D eigenvalue weighted by molar-refractivity contribution is -0.116. The molecule has 0 aliphatic heterocycles. The van der Waals surface area contributed by atoms with Crippen LogP contribution in [0.4, 0.5) is 5.69 Å². The van der Waals surface area contributed by atoms with Crippen LogP contribution in [0.25, 0.3) is 11.0 Å². The minimum atomic E-state index is -3.43. The number of nitrogens with one attached hydrogen (secondary N) is 1. The topological polar surface area (TPSA) is 81.1 Å². The van der Waals surface area contributed by atoms with Crippen LogP contribution in [0.5, 0.6) is 0 Å². The summed E-state index contributed by atoms with van der Waals surface area (Å²) in [6.07, 6.45) is 5.17. The minimum absolute atomic E-state index is 0.0834. The molecule has 1 N–H and O–H groups in total. The Morgan fingerprint density at radius 1 is 1.07 bits per heavy atom. The average molecular weight is 400 g/mol. The van der Waals surface area contributed by atoms with Crippen LogP contribution in [0.2, 0.25) is 0 Å². The fraction of sp³-hybridized carbons (Fsp3) is 0.333. The van der Waals surface area contributed by atoms with Gasteiger partial charge in [0.25, 0.3) is 0 Å². The zero-order chi connectivity index (χ0) is 20.1. The number of aryl methyl sites for hydroxylation is 1. The molecule has 1 heterocycles. The van der Waals surface area contributed by atoms with E-state index in [4.69, 9.17) is 0 Å². The third-order valence-corrected chi connectivity index (χ3v) is 5.75. The van der Waals surface area contributed by atoms with Crippen LogP contribution in [0.15, 0.2) is 53.4 Å². The van der Waals surface area contributed by atoms with E-state index in [1.165, 1.54) is 6.07 Å². The lowest BCUT2D eigenvalue weighted by atomic mass is 10.2. The molecule has 0 atom stereocenters. The van der Waals surface area contributed by atoms with Gasteiger partial charge in [0.1, 0.15) is 12.4 Å². The van der Waals surface area contributed by atoms with E-state index in [0.29, 0.717) is 5.69 Å². The van der Waals surface area contributed by atoms with Gasteiger partial charge in [0.15, 0.2) is 9.84 Å². The number of anilines is 1. The van der Waals surface area contributed by atoms with Gasteiger partial charge in [-0.05, 0) is 30.7 Å². The van der Waals surface area contributed by atoms with Crippen molar-refractivity contribution in [2.24, 2.45) is 0 Å². The summed E-state index contributed by atoms with van der Waals surface area (Å²) < 4.78 is 25.8. The molecular weight excluding hydrogens is 374 g/mol. The quantitative estimate of drug-likeness (QED) is 0.584. The Morgan fingerprint density at radius 2 is 1.79 bits per heavy atom. The molecule has 1 aromatic heterocycles. The summed E-state index contributed by atoms with van der Waals surface area (Å²) in [5, 5.41) is 2.75. The third-order valence-electron chi connectivity index (χ3n) is 4.60. The summed E-state index contributed by atoms with van der Waals surface area (Å²) in [6, 6.07) is 14.2. The van der Waals surface area contributed by atoms with Crippen molar-refractivity contribution in [3.8, 4) is 0 Å². The maximum atomic E-state index is 12.7. The van der Waals surface area contributed by atoms with E-state index in [-0.39, 0.29) is 17.3 Å². The van der Waals surface area contributed by atoms with Crippen molar-refractivity contribution in [1.29, 1.82) is 0 Å². The van der Waals surface area contributed by atoms with Crippen LogP contribution >= 0.6 is 0 Å².